The zero-order valence-electron chi connectivity index (χ0n) is 31.1. The largest absolute Gasteiger partial charge is 0.311 e. The third kappa shape index (κ3) is 5.80. The van der Waals surface area contributed by atoms with Gasteiger partial charge in [-0.2, -0.15) is 0 Å². The van der Waals surface area contributed by atoms with Crippen molar-refractivity contribution in [2.45, 2.75) is 0 Å². The number of hydrogen-bond acceptors (Lipinski definition) is 2. The van der Waals surface area contributed by atoms with Crippen molar-refractivity contribution in [2.24, 2.45) is 0 Å². The molecule has 2 nitrogen and oxygen atoms in total. The maximum absolute atomic E-state index is 2.47. The number of nitrogens with zero attached hydrogens (tertiary/aromatic N) is 2. The lowest BCUT2D eigenvalue weighted by atomic mass is 10.0. The molecule has 0 aliphatic heterocycles. The van der Waals surface area contributed by atoms with Gasteiger partial charge in [-0.05, 0) is 106 Å². The minimum atomic E-state index is 1.11. The monoisotopic (exact) mass is 744 g/mol. The Hall–Kier alpha value is -7.20. The minimum absolute atomic E-state index is 1.11. The Labute approximate surface area is 335 Å². The molecule has 0 amide bonds. The van der Waals surface area contributed by atoms with Crippen LogP contribution in [0.5, 0.6) is 0 Å². The van der Waals surface area contributed by atoms with Crippen molar-refractivity contribution < 1.29 is 0 Å². The van der Waals surface area contributed by atoms with Crippen LogP contribution < -0.4 is 4.90 Å². The fourth-order valence-electron chi connectivity index (χ4n) is 8.43. The van der Waals surface area contributed by atoms with Gasteiger partial charge in [-0.1, -0.05) is 146 Å². The third-order valence-corrected chi connectivity index (χ3v) is 12.4. The number of hydrogen-bond donors (Lipinski definition) is 0. The third-order valence-electron chi connectivity index (χ3n) is 11.2. The van der Waals surface area contributed by atoms with Crippen LogP contribution >= 0.6 is 11.3 Å². The summed E-state index contributed by atoms with van der Waals surface area (Å²) >= 11 is 1.89. The Bertz CT molecular complexity index is 3180. The molecule has 0 aliphatic rings. The van der Waals surface area contributed by atoms with E-state index in [-0.39, 0.29) is 0 Å². The summed E-state index contributed by atoms with van der Waals surface area (Å²) in [6, 6.07) is 79.1. The molecule has 3 heteroatoms. The van der Waals surface area contributed by atoms with Crippen LogP contribution in [0, 0.1) is 0 Å². The maximum Gasteiger partial charge on any atom is 0.0719 e. The van der Waals surface area contributed by atoms with Crippen LogP contribution in [0.4, 0.5) is 17.1 Å². The summed E-state index contributed by atoms with van der Waals surface area (Å²) in [5, 5.41) is 5.13. The number of rotatable bonds is 7. The van der Waals surface area contributed by atoms with E-state index in [1.807, 2.05) is 11.3 Å². The van der Waals surface area contributed by atoms with E-state index in [9.17, 15) is 0 Å². The molecule has 11 rings (SSSR count). The van der Waals surface area contributed by atoms with Gasteiger partial charge in [-0.25, -0.2) is 0 Å². The van der Waals surface area contributed by atoms with Gasteiger partial charge in [0, 0.05) is 49.0 Å². The first kappa shape index (κ1) is 33.2. The molecule has 0 spiro atoms. The van der Waals surface area contributed by atoms with E-state index in [1.54, 1.807) is 0 Å². The van der Waals surface area contributed by atoms with E-state index in [2.05, 4.69) is 228 Å². The zero-order chi connectivity index (χ0) is 37.7. The molecule has 268 valence electrons. The summed E-state index contributed by atoms with van der Waals surface area (Å²) in [5.41, 5.74) is 14.3. The molecule has 9 aromatic carbocycles. The molecule has 0 saturated carbocycles. The second kappa shape index (κ2) is 13.8. The Balaban J connectivity index is 1.02. The molecular formula is C54H36N2S. The van der Waals surface area contributed by atoms with Crippen LogP contribution in [0.3, 0.4) is 0 Å². The van der Waals surface area contributed by atoms with E-state index in [4.69, 9.17) is 0 Å². The molecule has 2 aromatic heterocycles. The number of aromatic nitrogens is 1. The molecule has 0 aliphatic carbocycles. The number of thiophene rings is 1. The van der Waals surface area contributed by atoms with Gasteiger partial charge in [0.2, 0.25) is 0 Å². The lowest BCUT2D eigenvalue weighted by Gasteiger charge is -2.26. The van der Waals surface area contributed by atoms with Crippen LogP contribution in [0.1, 0.15) is 0 Å². The van der Waals surface area contributed by atoms with Gasteiger partial charge in [-0.15, -0.1) is 11.3 Å². The lowest BCUT2D eigenvalue weighted by Crippen LogP contribution is -2.09. The normalized spacial score (nSPS) is 11.5. The predicted octanol–water partition coefficient (Wildman–Crippen LogP) is 15.6. The van der Waals surface area contributed by atoms with Gasteiger partial charge >= 0.3 is 0 Å². The highest BCUT2D eigenvalue weighted by molar-refractivity contribution is 7.26. The molecule has 0 unspecified atom stereocenters. The van der Waals surface area contributed by atoms with Crippen LogP contribution in [0.25, 0.3) is 81.0 Å². The Kier molecular flexibility index (Phi) is 8.04. The first-order chi connectivity index (χ1) is 28.3. The van der Waals surface area contributed by atoms with Crippen LogP contribution in [0.15, 0.2) is 218 Å². The quantitative estimate of drug-likeness (QED) is 0.158. The molecule has 57 heavy (non-hydrogen) atoms. The average molecular weight is 745 g/mol. The first-order valence-corrected chi connectivity index (χ1v) is 20.2. The van der Waals surface area contributed by atoms with Crippen molar-refractivity contribution in [1.29, 1.82) is 0 Å². The van der Waals surface area contributed by atoms with Gasteiger partial charge in [-0.3, -0.25) is 0 Å². The van der Waals surface area contributed by atoms with E-state index in [0.29, 0.717) is 0 Å². The summed E-state index contributed by atoms with van der Waals surface area (Å²) < 4.78 is 5.09. The van der Waals surface area contributed by atoms with Gasteiger partial charge in [0.15, 0.2) is 0 Å². The van der Waals surface area contributed by atoms with E-state index in [0.717, 1.165) is 17.1 Å². The van der Waals surface area contributed by atoms with Crippen LogP contribution in [0.2, 0.25) is 0 Å². The summed E-state index contributed by atoms with van der Waals surface area (Å²) in [7, 11) is 0. The highest BCUT2D eigenvalue weighted by Gasteiger charge is 2.19. The highest BCUT2D eigenvalue weighted by atomic mass is 32.1. The lowest BCUT2D eigenvalue weighted by molar-refractivity contribution is 1.19. The van der Waals surface area contributed by atoms with Crippen molar-refractivity contribution in [1.82, 2.24) is 4.57 Å². The molecule has 11 aromatic rings. The van der Waals surface area contributed by atoms with Crippen molar-refractivity contribution in [3.8, 4) is 39.1 Å². The molecule has 0 saturated heterocycles. The predicted molar refractivity (Wildman–Crippen MR) is 245 cm³/mol. The molecule has 0 atom stereocenters. The van der Waals surface area contributed by atoms with E-state index >= 15 is 0 Å². The molecule has 0 radical (unpaired) electrons. The smallest absolute Gasteiger partial charge is 0.0719 e. The second-order valence-corrected chi connectivity index (χ2v) is 15.6. The highest BCUT2D eigenvalue weighted by Crippen LogP contribution is 2.45. The molecule has 2 heterocycles. The summed E-state index contributed by atoms with van der Waals surface area (Å²) in [4.78, 5) is 2.33. The van der Waals surface area contributed by atoms with Gasteiger partial charge in [0.1, 0.15) is 0 Å². The topological polar surface area (TPSA) is 8.17 Å². The van der Waals surface area contributed by atoms with Crippen molar-refractivity contribution in [3.63, 3.8) is 0 Å². The van der Waals surface area contributed by atoms with Gasteiger partial charge < -0.3 is 9.47 Å². The molecular weight excluding hydrogens is 709 g/mol. The molecule has 0 fully saturated rings. The Morgan fingerprint density at radius 2 is 0.789 bits per heavy atom. The SMILES string of the molecule is c1ccc(-c2ccc(N(c3ccccc3)c3ccc(-c4ccc5c(c4)c4ccc6c7cc(-c8ccccc8)ccc7sc6c4n5-c4ccccc4)cc3)cc2)cc1. The van der Waals surface area contributed by atoms with Gasteiger partial charge in [0.25, 0.3) is 0 Å². The summed E-state index contributed by atoms with van der Waals surface area (Å²) in [6.07, 6.45) is 0. The number of benzene rings is 9. The van der Waals surface area contributed by atoms with Crippen LogP contribution in [-0.2, 0) is 0 Å². The van der Waals surface area contributed by atoms with E-state index in [1.165, 1.54) is 81.0 Å². The van der Waals surface area contributed by atoms with Gasteiger partial charge in [0.05, 0.1) is 15.7 Å². The van der Waals surface area contributed by atoms with E-state index < -0.39 is 0 Å². The van der Waals surface area contributed by atoms with Crippen molar-refractivity contribution in [2.75, 3.05) is 4.90 Å². The Morgan fingerprint density at radius 1 is 0.333 bits per heavy atom. The zero-order valence-corrected chi connectivity index (χ0v) is 31.9. The fourth-order valence-corrected chi connectivity index (χ4v) is 9.65. The van der Waals surface area contributed by atoms with Crippen molar-refractivity contribution >= 4 is 70.4 Å². The average Bonchev–Trinajstić information content (AvgIpc) is 3.83. The fraction of sp³-hybridized carbons (Fsp3) is 0. The van der Waals surface area contributed by atoms with Crippen LogP contribution in [-0.4, -0.2) is 4.57 Å². The summed E-state index contributed by atoms with van der Waals surface area (Å²) in [5.74, 6) is 0. The minimum Gasteiger partial charge on any atom is -0.311 e. The number of fused-ring (bicyclic) bond motifs is 7. The number of anilines is 3. The van der Waals surface area contributed by atoms with Crippen molar-refractivity contribution in [3.05, 3.63) is 218 Å². The summed E-state index contributed by atoms with van der Waals surface area (Å²) in [6.45, 7) is 0. The second-order valence-electron chi connectivity index (χ2n) is 14.6. The Morgan fingerprint density at radius 3 is 1.42 bits per heavy atom. The molecule has 0 bridgehead atoms. The first-order valence-electron chi connectivity index (χ1n) is 19.4. The standard InChI is InChI=1S/C54H36N2S/c1-5-13-37(14-6-1)39-21-27-45(28-22-39)55(43-17-9-3-10-18-43)46-29-23-40(24-30-46)41-25-33-51-49(35-41)47-31-32-48-50-36-42(38-15-7-2-8-16-38)26-34-52(50)57-54(48)53(47)56(51)44-19-11-4-12-20-44/h1-36H. The molecule has 0 N–H and O–H groups in total. The number of para-hydroxylation sites is 2. The maximum atomic E-state index is 2.47.